The van der Waals surface area contributed by atoms with Gasteiger partial charge >= 0.3 is 5.97 Å². The third-order valence-corrected chi connectivity index (χ3v) is 3.97. The van der Waals surface area contributed by atoms with Crippen molar-refractivity contribution in [3.05, 3.63) is 17.0 Å². The molecule has 2 atom stereocenters. The third kappa shape index (κ3) is 1.63. The number of hydrogen-bond acceptors (Lipinski definition) is 3. The molecule has 1 unspecified atom stereocenters. The first kappa shape index (κ1) is 13.5. The van der Waals surface area contributed by atoms with Gasteiger partial charge < -0.3 is 4.74 Å². The molecule has 1 aromatic rings. The maximum Gasteiger partial charge on any atom is 0.359 e. The first-order chi connectivity index (χ1) is 9.19. The molecule has 1 saturated carbocycles. The average molecular weight is 284 g/mol. The largest absolute Gasteiger partial charge is 0.461 e. The van der Waals surface area contributed by atoms with Crippen LogP contribution in [0.2, 0.25) is 0 Å². The minimum Gasteiger partial charge on any atom is -0.461 e. The van der Waals surface area contributed by atoms with Gasteiger partial charge in [-0.25, -0.2) is 4.79 Å². The predicted molar refractivity (Wildman–Crippen MR) is 67.9 cm³/mol. The fourth-order valence-electron chi connectivity index (χ4n) is 3.03. The highest BCUT2D eigenvalue weighted by Crippen LogP contribution is 2.68. The molecule has 1 aromatic heterocycles. The molecule has 1 heterocycles. The summed E-state index contributed by atoms with van der Waals surface area (Å²) in [5.41, 5.74) is -0.209. The first-order valence-electron chi connectivity index (χ1n) is 6.88. The predicted octanol–water partition coefficient (Wildman–Crippen LogP) is 3.02. The second-order valence-electron chi connectivity index (χ2n) is 6.49. The van der Waals surface area contributed by atoms with Crippen LogP contribution in [0.15, 0.2) is 0 Å². The van der Waals surface area contributed by atoms with Gasteiger partial charge in [-0.05, 0) is 40.0 Å². The minimum absolute atomic E-state index is 0.0708. The lowest BCUT2D eigenvalue weighted by molar-refractivity contribution is -0.0342. The van der Waals surface area contributed by atoms with Gasteiger partial charge in [0.2, 0.25) is 0 Å². The smallest absolute Gasteiger partial charge is 0.359 e. The van der Waals surface area contributed by atoms with Crippen molar-refractivity contribution in [3.63, 3.8) is 0 Å². The molecular formula is C14H18F2N2O2. The second kappa shape index (κ2) is 3.80. The van der Waals surface area contributed by atoms with Crippen LogP contribution in [-0.4, -0.2) is 22.4 Å². The molecule has 0 N–H and O–H groups in total. The molecule has 3 rings (SSSR count). The van der Waals surface area contributed by atoms with Crippen LogP contribution in [0.4, 0.5) is 8.78 Å². The molecule has 20 heavy (non-hydrogen) atoms. The van der Waals surface area contributed by atoms with E-state index in [9.17, 15) is 13.6 Å². The van der Waals surface area contributed by atoms with E-state index in [4.69, 9.17) is 4.74 Å². The van der Waals surface area contributed by atoms with Gasteiger partial charge in [0.25, 0.3) is 5.92 Å². The van der Waals surface area contributed by atoms with Gasteiger partial charge in [-0.3, -0.25) is 4.68 Å². The summed E-state index contributed by atoms with van der Waals surface area (Å²) in [6, 6.07) is 0. The van der Waals surface area contributed by atoms with Crippen molar-refractivity contribution in [2.75, 3.05) is 6.61 Å². The van der Waals surface area contributed by atoms with Gasteiger partial charge in [-0.1, -0.05) is 0 Å². The highest BCUT2D eigenvalue weighted by Gasteiger charge is 2.67. The van der Waals surface area contributed by atoms with E-state index in [2.05, 4.69) is 5.10 Å². The lowest BCUT2D eigenvalue weighted by Crippen LogP contribution is -2.30. The summed E-state index contributed by atoms with van der Waals surface area (Å²) in [7, 11) is 0. The van der Waals surface area contributed by atoms with Crippen molar-refractivity contribution in [2.45, 2.75) is 51.5 Å². The van der Waals surface area contributed by atoms with Gasteiger partial charge in [0, 0.05) is 11.5 Å². The molecule has 0 amide bonds. The Morgan fingerprint density at radius 2 is 2.15 bits per heavy atom. The highest BCUT2D eigenvalue weighted by atomic mass is 19.3. The molecule has 4 nitrogen and oxygen atoms in total. The van der Waals surface area contributed by atoms with E-state index in [0.717, 1.165) is 0 Å². The number of ether oxygens (including phenoxy) is 1. The van der Waals surface area contributed by atoms with Crippen molar-refractivity contribution in [3.8, 4) is 0 Å². The summed E-state index contributed by atoms with van der Waals surface area (Å²) in [5, 5.41) is 4.16. The number of halogens is 2. The first-order valence-corrected chi connectivity index (χ1v) is 6.88. The van der Waals surface area contributed by atoms with Gasteiger partial charge in [-0.2, -0.15) is 13.9 Å². The van der Waals surface area contributed by atoms with Crippen LogP contribution in [0.25, 0.3) is 0 Å². The lowest BCUT2D eigenvalue weighted by Gasteiger charge is -2.25. The second-order valence-corrected chi connectivity index (χ2v) is 6.49. The SMILES string of the molecule is CCOC(=O)c1nn(C(C)(C)C)c2c1[C@H]1CC1C2(F)F. The molecule has 0 aliphatic heterocycles. The molecule has 2 aliphatic rings. The number of esters is 1. The Bertz CT molecular complexity index is 587. The lowest BCUT2D eigenvalue weighted by atomic mass is 10.1. The maximum absolute atomic E-state index is 14.4. The van der Waals surface area contributed by atoms with Crippen molar-refractivity contribution >= 4 is 5.97 Å². The van der Waals surface area contributed by atoms with Crippen LogP contribution < -0.4 is 0 Å². The molecule has 0 saturated heterocycles. The van der Waals surface area contributed by atoms with Gasteiger partial charge in [-0.15, -0.1) is 0 Å². The Kier molecular flexibility index (Phi) is 2.57. The maximum atomic E-state index is 14.4. The topological polar surface area (TPSA) is 44.1 Å². The van der Waals surface area contributed by atoms with Crippen LogP contribution in [0.3, 0.4) is 0 Å². The number of fused-ring (bicyclic) bond motifs is 3. The average Bonchev–Trinajstić information content (AvgIpc) is 2.94. The fourth-order valence-corrected chi connectivity index (χ4v) is 3.03. The molecule has 1 fully saturated rings. The third-order valence-electron chi connectivity index (χ3n) is 3.97. The fraction of sp³-hybridized carbons (Fsp3) is 0.714. The van der Waals surface area contributed by atoms with E-state index in [-0.39, 0.29) is 23.9 Å². The molecule has 0 spiro atoms. The standard InChI is InChI=1S/C14H18F2N2O2/c1-5-20-12(19)10-9-7-6-8(7)14(15,16)11(9)18(17-10)13(2,3)4/h7-8H,5-6H2,1-4H3/t7-,8?/m0/s1. The Morgan fingerprint density at radius 1 is 1.50 bits per heavy atom. The van der Waals surface area contributed by atoms with Gasteiger partial charge in [0.1, 0.15) is 5.69 Å². The number of carbonyl (C=O) groups excluding carboxylic acids is 1. The summed E-state index contributed by atoms with van der Waals surface area (Å²) in [6.07, 6.45) is 0.433. The van der Waals surface area contributed by atoms with Crippen LogP contribution in [0.1, 0.15) is 61.8 Å². The summed E-state index contributed by atoms with van der Waals surface area (Å²) in [4.78, 5) is 12.0. The summed E-state index contributed by atoms with van der Waals surface area (Å²) < 4.78 is 35.1. The zero-order valence-electron chi connectivity index (χ0n) is 12.0. The number of rotatable bonds is 2. The van der Waals surface area contributed by atoms with E-state index in [1.54, 1.807) is 27.7 Å². The monoisotopic (exact) mass is 284 g/mol. The van der Waals surface area contributed by atoms with Gasteiger partial charge in [0.05, 0.1) is 12.1 Å². The molecular weight excluding hydrogens is 266 g/mol. The van der Waals surface area contributed by atoms with Crippen molar-refractivity contribution < 1.29 is 18.3 Å². The number of hydrogen-bond donors (Lipinski definition) is 0. The summed E-state index contributed by atoms with van der Waals surface area (Å²) >= 11 is 0. The minimum atomic E-state index is -2.90. The van der Waals surface area contributed by atoms with Crippen molar-refractivity contribution in [1.29, 1.82) is 0 Å². The van der Waals surface area contributed by atoms with Crippen LogP contribution in [0, 0.1) is 5.92 Å². The molecule has 0 aromatic carbocycles. The number of carbonyl (C=O) groups is 1. The number of nitrogens with zero attached hydrogens (tertiary/aromatic N) is 2. The van der Waals surface area contributed by atoms with Crippen molar-refractivity contribution in [1.82, 2.24) is 9.78 Å². The normalized spacial score (nSPS) is 26.1. The van der Waals surface area contributed by atoms with E-state index in [1.165, 1.54) is 4.68 Å². The zero-order chi connectivity index (χ0) is 14.9. The molecule has 110 valence electrons. The molecule has 0 bridgehead atoms. The Labute approximate surface area is 116 Å². The van der Waals surface area contributed by atoms with E-state index in [0.29, 0.717) is 12.0 Å². The molecule has 0 radical (unpaired) electrons. The Balaban J connectivity index is 2.19. The van der Waals surface area contributed by atoms with E-state index < -0.39 is 23.3 Å². The molecule has 2 aliphatic carbocycles. The zero-order valence-corrected chi connectivity index (χ0v) is 12.0. The summed E-state index contributed by atoms with van der Waals surface area (Å²) in [6.45, 7) is 7.30. The van der Waals surface area contributed by atoms with Crippen LogP contribution >= 0.6 is 0 Å². The summed E-state index contributed by atoms with van der Waals surface area (Å²) in [5.74, 6) is -4.41. The van der Waals surface area contributed by atoms with Gasteiger partial charge in [0.15, 0.2) is 5.69 Å². The van der Waals surface area contributed by atoms with E-state index in [1.807, 2.05) is 0 Å². The highest BCUT2D eigenvalue weighted by molar-refractivity contribution is 5.90. The van der Waals surface area contributed by atoms with Crippen LogP contribution in [0.5, 0.6) is 0 Å². The van der Waals surface area contributed by atoms with E-state index >= 15 is 0 Å². The van der Waals surface area contributed by atoms with Crippen LogP contribution in [-0.2, 0) is 16.2 Å². The quantitative estimate of drug-likeness (QED) is 0.784. The van der Waals surface area contributed by atoms with Crippen molar-refractivity contribution in [2.24, 2.45) is 5.92 Å². The number of alkyl halides is 2. The Hall–Kier alpha value is -1.46. The number of aromatic nitrogens is 2. The molecule has 6 heteroatoms. The Morgan fingerprint density at radius 3 is 2.70 bits per heavy atom.